The summed E-state index contributed by atoms with van der Waals surface area (Å²) in [6, 6.07) is 6.44. The molecule has 29 heavy (non-hydrogen) atoms. The van der Waals surface area contributed by atoms with E-state index in [0.717, 1.165) is 46.3 Å². The third-order valence-electron chi connectivity index (χ3n) is 5.54. The van der Waals surface area contributed by atoms with Crippen LogP contribution in [0.4, 0.5) is 5.69 Å². The van der Waals surface area contributed by atoms with Gasteiger partial charge in [-0.05, 0) is 18.6 Å². The number of nitrogens with two attached hydrogens (primary N) is 1. The maximum Gasteiger partial charge on any atom is 0.202 e. The van der Waals surface area contributed by atoms with Crippen LogP contribution in [0.2, 0.25) is 0 Å². The van der Waals surface area contributed by atoms with Crippen LogP contribution in [0.25, 0.3) is 0 Å². The Labute approximate surface area is 172 Å². The number of benzene rings is 1. The first kappa shape index (κ1) is 19.1. The third kappa shape index (κ3) is 3.73. The molecule has 3 N–H and O–H groups in total. The summed E-state index contributed by atoms with van der Waals surface area (Å²) in [6.45, 7) is 0. The average Bonchev–Trinajstić information content (AvgIpc) is 2.90. The molecule has 0 saturated heterocycles. The molecule has 2 atom stereocenters. The predicted octanol–water partition coefficient (Wildman–Crippen LogP) is 3.25. The molecule has 5 nitrogen and oxygen atoms in total. The van der Waals surface area contributed by atoms with Crippen molar-refractivity contribution in [3.05, 3.63) is 83.4 Å². The minimum atomic E-state index is 0.0393. The van der Waals surface area contributed by atoms with Crippen LogP contribution in [-0.4, -0.2) is 38.5 Å². The lowest BCUT2D eigenvalue weighted by Gasteiger charge is -2.37. The first-order valence-electron chi connectivity index (χ1n) is 9.96. The highest BCUT2D eigenvalue weighted by Gasteiger charge is 2.36. The van der Waals surface area contributed by atoms with Crippen LogP contribution in [0.1, 0.15) is 18.0 Å². The van der Waals surface area contributed by atoms with Crippen molar-refractivity contribution in [3.8, 4) is 5.75 Å². The fraction of sp³-hybridized carbons (Fsp3) is 0.292. The number of rotatable bonds is 3. The number of nitrogens with zero attached hydrogens (tertiary/aromatic N) is 2. The quantitative estimate of drug-likeness (QED) is 0.780. The Morgan fingerprint density at radius 1 is 1.24 bits per heavy atom. The van der Waals surface area contributed by atoms with Gasteiger partial charge in [0.15, 0.2) is 0 Å². The topological polar surface area (TPSA) is 53.5 Å². The molecule has 5 heteroatoms. The highest BCUT2D eigenvalue weighted by molar-refractivity contribution is 6.01. The molecule has 0 bridgehead atoms. The van der Waals surface area contributed by atoms with Crippen molar-refractivity contribution in [2.24, 2.45) is 11.7 Å². The summed E-state index contributed by atoms with van der Waals surface area (Å²) in [5.74, 6) is 1.94. The molecule has 0 radical (unpaired) electrons. The molecule has 0 spiro atoms. The van der Waals surface area contributed by atoms with Gasteiger partial charge in [0.1, 0.15) is 25.6 Å². The molecule has 4 rings (SSSR count). The van der Waals surface area contributed by atoms with Crippen LogP contribution < -0.4 is 20.7 Å². The van der Waals surface area contributed by atoms with E-state index in [1.165, 1.54) is 0 Å². The highest BCUT2D eigenvalue weighted by atomic mass is 16.5. The van der Waals surface area contributed by atoms with Crippen LogP contribution >= 0.6 is 0 Å². The summed E-state index contributed by atoms with van der Waals surface area (Å²) in [4.78, 5) is 2.09. The van der Waals surface area contributed by atoms with E-state index >= 15 is 0 Å². The van der Waals surface area contributed by atoms with Gasteiger partial charge in [-0.15, -0.1) is 0 Å². The Morgan fingerprint density at radius 3 is 2.83 bits per heavy atom. The largest absolute Gasteiger partial charge is 0.460 e. The zero-order valence-electron chi connectivity index (χ0n) is 17.5. The first-order chi connectivity index (χ1) is 13.9. The maximum atomic E-state index is 6.40. The van der Waals surface area contributed by atoms with E-state index in [4.69, 9.17) is 10.5 Å². The molecule has 3 aliphatic rings. The number of hydrogen-bond donors (Lipinski definition) is 2. The Morgan fingerprint density at radius 2 is 2.07 bits per heavy atom. The molecule has 0 aromatic heterocycles. The Kier molecular flexibility index (Phi) is 5.05. The Hall–Kier alpha value is -3.21. The lowest BCUT2D eigenvalue weighted by atomic mass is 9.84. The summed E-state index contributed by atoms with van der Waals surface area (Å²) >= 11 is 0. The van der Waals surface area contributed by atoms with Gasteiger partial charge in [-0.2, -0.15) is 0 Å². The second-order valence-electron chi connectivity index (χ2n) is 8.00. The molecular weight excluding hydrogens is 360 g/mol. The number of ether oxygens (including phenoxy) is 1. The van der Waals surface area contributed by atoms with Gasteiger partial charge in [-0.25, -0.2) is 4.58 Å². The smallest absolute Gasteiger partial charge is 0.202 e. The first-order valence-corrected chi connectivity index (χ1v) is 9.96. The lowest BCUT2D eigenvalue weighted by molar-refractivity contribution is -0.462. The van der Waals surface area contributed by atoms with Gasteiger partial charge < -0.3 is 20.7 Å². The zero-order valence-corrected chi connectivity index (χ0v) is 17.5. The van der Waals surface area contributed by atoms with E-state index < -0.39 is 0 Å². The van der Waals surface area contributed by atoms with Gasteiger partial charge in [0, 0.05) is 43.6 Å². The Bertz CT molecular complexity index is 1000. The van der Waals surface area contributed by atoms with Gasteiger partial charge >= 0.3 is 0 Å². The SMILES string of the molecule is CN(C)c1ccc2c(c1)OC1=CC(=[N+](C)C)C=CC1C2NC1=CCC=CC=C1N. The molecule has 150 valence electrons. The van der Waals surface area contributed by atoms with Crippen molar-refractivity contribution in [3.63, 3.8) is 0 Å². The van der Waals surface area contributed by atoms with Crippen LogP contribution in [0.5, 0.6) is 5.75 Å². The van der Waals surface area contributed by atoms with Gasteiger partial charge in [0.05, 0.1) is 23.4 Å². The van der Waals surface area contributed by atoms with Crippen LogP contribution in [0.3, 0.4) is 0 Å². The third-order valence-corrected chi connectivity index (χ3v) is 5.54. The number of nitrogens with one attached hydrogen (secondary N) is 1. The number of anilines is 1. The zero-order chi connectivity index (χ0) is 20.5. The summed E-state index contributed by atoms with van der Waals surface area (Å²) in [7, 11) is 8.17. The van der Waals surface area contributed by atoms with Crippen molar-refractivity contribution in [2.75, 3.05) is 33.1 Å². The van der Waals surface area contributed by atoms with E-state index in [1.807, 2.05) is 40.3 Å². The van der Waals surface area contributed by atoms with Crippen molar-refractivity contribution < 1.29 is 9.31 Å². The predicted molar refractivity (Wildman–Crippen MR) is 119 cm³/mol. The van der Waals surface area contributed by atoms with Crippen molar-refractivity contribution in [1.82, 2.24) is 5.32 Å². The minimum absolute atomic E-state index is 0.0393. The molecule has 2 unspecified atom stereocenters. The van der Waals surface area contributed by atoms with E-state index in [9.17, 15) is 0 Å². The molecule has 0 saturated carbocycles. The van der Waals surface area contributed by atoms with Crippen LogP contribution in [-0.2, 0) is 0 Å². The average molecular weight is 390 g/mol. The van der Waals surface area contributed by atoms with E-state index in [1.54, 1.807) is 0 Å². The van der Waals surface area contributed by atoms with E-state index in [0.29, 0.717) is 0 Å². The van der Waals surface area contributed by atoms with Crippen molar-refractivity contribution >= 4 is 11.4 Å². The summed E-state index contributed by atoms with van der Waals surface area (Å²) in [6.07, 6.45) is 15.6. The number of hydrogen-bond acceptors (Lipinski definition) is 4. The van der Waals surface area contributed by atoms with Gasteiger partial charge in [-0.3, -0.25) is 0 Å². The van der Waals surface area contributed by atoms with E-state index in [2.05, 4.69) is 63.4 Å². The normalized spacial score (nSPS) is 22.3. The standard InChI is InChI=1S/C24H29N4O/c1-27(2)16-10-12-18-22(14-16)29-23-15-17(28(3)4)11-13-19(23)24(18)26-21-9-7-5-6-8-20(21)25/h5-6,8-15,18,24,26H,7,25H2,1-4H3/q+1. The molecule has 1 aromatic rings. The molecule has 1 aromatic carbocycles. The molecule has 2 aliphatic carbocycles. The fourth-order valence-electron chi connectivity index (χ4n) is 3.83. The number of fused-ring (bicyclic) bond motifs is 2. The highest BCUT2D eigenvalue weighted by Crippen LogP contribution is 2.44. The summed E-state index contributed by atoms with van der Waals surface area (Å²) in [5.41, 5.74) is 11.4. The van der Waals surface area contributed by atoms with Gasteiger partial charge in [0.2, 0.25) is 5.71 Å². The molecule has 0 fully saturated rings. The second kappa shape index (κ2) is 7.66. The molecule has 0 amide bonds. The van der Waals surface area contributed by atoms with Crippen LogP contribution in [0.15, 0.2) is 77.9 Å². The van der Waals surface area contributed by atoms with Crippen molar-refractivity contribution in [2.45, 2.75) is 12.5 Å². The molecule has 1 aliphatic heterocycles. The molecule has 1 heterocycles. The lowest BCUT2D eigenvalue weighted by Crippen LogP contribution is -2.36. The maximum absolute atomic E-state index is 6.40. The molecular formula is C24H29N4O+. The van der Waals surface area contributed by atoms with Gasteiger partial charge in [0.25, 0.3) is 0 Å². The number of allylic oxidation sites excluding steroid dienone is 6. The van der Waals surface area contributed by atoms with E-state index in [-0.39, 0.29) is 12.0 Å². The van der Waals surface area contributed by atoms with Crippen molar-refractivity contribution in [1.29, 1.82) is 0 Å². The summed E-state index contributed by atoms with van der Waals surface area (Å²) < 4.78 is 8.49. The second-order valence-corrected chi connectivity index (χ2v) is 8.00. The minimum Gasteiger partial charge on any atom is -0.460 e. The summed E-state index contributed by atoms with van der Waals surface area (Å²) in [5, 5.41) is 3.71. The Balaban J connectivity index is 1.78. The fourth-order valence-corrected chi connectivity index (χ4v) is 3.83. The monoisotopic (exact) mass is 389 g/mol. The van der Waals surface area contributed by atoms with Crippen LogP contribution in [0, 0.1) is 5.92 Å². The van der Waals surface area contributed by atoms with Gasteiger partial charge in [-0.1, -0.05) is 30.4 Å².